The van der Waals surface area contributed by atoms with E-state index >= 15 is 0 Å². The summed E-state index contributed by atoms with van der Waals surface area (Å²) in [5.74, 6) is -56.2. The van der Waals surface area contributed by atoms with E-state index in [1.54, 1.807) is 0 Å². The van der Waals surface area contributed by atoms with Crippen molar-refractivity contribution >= 4 is 22.6 Å². The summed E-state index contributed by atoms with van der Waals surface area (Å²) < 4.78 is 224. The van der Waals surface area contributed by atoms with Crippen LogP contribution in [0.15, 0.2) is 9.66 Å². The third-order valence-corrected chi connectivity index (χ3v) is 5.95. The molecule has 0 saturated heterocycles. The van der Waals surface area contributed by atoms with Gasteiger partial charge in [0.15, 0.2) is 0 Å². The van der Waals surface area contributed by atoms with Gasteiger partial charge in [-0.2, -0.15) is 74.6 Å². The summed E-state index contributed by atoms with van der Waals surface area (Å²) in [5, 5.41) is 0. The Morgan fingerprint density at radius 3 is 1.19 bits per heavy atom. The first-order valence-electron chi connectivity index (χ1n) is 10.3. The molecule has 0 aromatic carbocycles. The maximum Gasteiger partial charge on any atom is 0.460 e. The lowest BCUT2D eigenvalue weighted by molar-refractivity contribution is -0.459. The Morgan fingerprint density at radius 2 is 0.811 bits per heavy atom. The molecule has 0 aromatic heterocycles. The fourth-order valence-corrected chi connectivity index (χ4v) is 3.56. The lowest BCUT2D eigenvalue weighted by Crippen LogP contribution is -2.74. The summed E-state index contributed by atoms with van der Waals surface area (Å²) in [6.07, 6.45) is -5.12. The summed E-state index contributed by atoms with van der Waals surface area (Å²) in [6, 6.07) is 0. The molecule has 0 unspecified atom stereocenters. The Morgan fingerprint density at radius 1 is 0.486 bits per heavy atom. The van der Waals surface area contributed by atoms with E-state index in [-0.39, 0.29) is 6.42 Å². The molecule has 0 rings (SSSR count). The normalized spacial score (nSPS) is 15.9. The maximum absolute atomic E-state index is 13.9. The highest BCUT2D eigenvalue weighted by molar-refractivity contribution is 14.1. The number of hydrogen-bond acceptors (Lipinski definition) is 0. The Bertz CT molecular complexity index is 767. The van der Waals surface area contributed by atoms with Crippen LogP contribution in [0.4, 0.5) is 74.6 Å². The molecule has 0 aliphatic heterocycles. The fraction of sp³-hybridized carbons (Fsp3) is 0.895. The van der Waals surface area contributed by atoms with Gasteiger partial charge in [-0.15, -0.1) is 0 Å². The molecule has 0 saturated carbocycles. The van der Waals surface area contributed by atoms with Crippen molar-refractivity contribution in [3.8, 4) is 0 Å². The highest BCUT2D eigenvalue weighted by atomic mass is 127. The van der Waals surface area contributed by atoms with Gasteiger partial charge < -0.3 is 0 Å². The molecule has 0 aliphatic carbocycles. The fourth-order valence-electron chi connectivity index (χ4n) is 2.79. The molecule has 0 amide bonds. The molecule has 0 radical (unpaired) electrons. The Labute approximate surface area is 213 Å². The second kappa shape index (κ2) is 11.8. The third kappa shape index (κ3) is 6.72. The number of halogens is 18. The highest BCUT2D eigenvalue weighted by Crippen LogP contribution is 2.64. The van der Waals surface area contributed by atoms with Crippen LogP contribution >= 0.6 is 22.6 Å². The molecule has 0 spiro atoms. The molecule has 18 heteroatoms. The van der Waals surface area contributed by atoms with E-state index < -0.39 is 63.7 Å². The van der Waals surface area contributed by atoms with Gasteiger partial charge in [0, 0.05) is 6.08 Å². The zero-order chi connectivity index (χ0) is 29.9. The van der Waals surface area contributed by atoms with Crippen LogP contribution in [-0.2, 0) is 0 Å². The summed E-state index contributed by atoms with van der Waals surface area (Å²) in [6.45, 7) is 1.91. The van der Waals surface area contributed by atoms with Gasteiger partial charge in [0.25, 0.3) is 0 Å². The molecule has 0 bridgehead atoms. The predicted octanol–water partition coefficient (Wildman–Crippen LogP) is 10.5. The van der Waals surface area contributed by atoms with Crippen molar-refractivity contribution in [3.05, 3.63) is 9.66 Å². The average molecular weight is 698 g/mol. The molecule has 0 fully saturated rings. The summed E-state index contributed by atoms with van der Waals surface area (Å²) in [5.41, 5.74) is 0. The molecular formula is C19H20F17I. The van der Waals surface area contributed by atoms with Crippen molar-refractivity contribution in [2.24, 2.45) is 0 Å². The van der Waals surface area contributed by atoms with Crippen LogP contribution in [0, 0.1) is 0 Å². The van der Waals surface area contributed by atoms with Gasteiger partial charge in [-0.25, -0.2) is 0 Å². The Kier molecular flexibility index (Phi) is 11.6. The van der Waals surface area contributed by atoms with Crippen LogP contribution in [-0.4, -0.2) is 47.6 Å². The van der Waals surface area contributed by atoms with Crippen LogP contribution < -0.4 is 0 Å². The van der Waals surface area contributed by atoms with E-state index in [9.17, 15) is 74.6 Å². The highest BCUT2D eigenvalue weighted by Gasteiger charge is 2.95. The summed E-state index contributed by atoms with van der Waals surface area (Å²) >= 11 is 0.902. The number of unbranched alkanes of at least 4 members (excludes halogenated alkanes) is 6. The maximum atomic E-state index is 13.9. The van der Waals surface area contributed by atoms with Crippen molar-refractivity contribution in [2.45, 2.75) is 106 Å². The summed E-state index contributed by atoms with van der Waals surface area (Å²) in [7, 11) is 0. The minimum Gasteiger partial charge on any atom is -0.195 e. The first-order chi connectivity index (χ1) is 16.2. The first-order valence-corrected chi connectivity index (χ1v) is 11.4. The van der Waals surface area contributed by atoms with Crippen molar-refractivity contribution < 1.29 is 74.6 Å². The molecule has 0 aromatic rings. The van der Waals surface area contributed by atoms with Crippen LogP contribution in [0.5, 0.6) is 0 Å². The second-order valence-corrected chi connectivity index (χ2v) is 9.42. The van der Waals surface area contributed by atoms with Crippen LogP contribution in [0.25, 0.3) is 0 Å². The topological polar surface area (TPSA) is 0 Å². The van der Waals surface area contributed by atoms with Gasteiger partial charge in [0.2, 0.25) is 0 Å². The van der Waals surface area contributed by atoms with Crippen molar-refractivity contribution in [3.63, 3.8) is 0 Å². The van der Waals surface area contributed by atoms with E-state index in [1.807, 2.05) is 6.92 Å². The van der Waals surface area contributed by atoms with E-state index in [4.69, 9.17) is 0 Å². The number of hydrogen-bond donors (Lipinski definition) is 0. The first kappa shape index (κ1) is 36.3. The van der Waals surface area contributed by atoms with Crippen molar-refractivity contribution in [2.75, 3.05) is 0 Å². The van der Waals surface area contributed by atoms with Crippen LogP contribution in [0.1, 0.15) is 58.3 Å². The Hall–Kier alpha value is -0.720. The minimum atomic E-state index is -8.60. The van der Waals surface area contributed by atoms with E-state index in [1.165, 1.54) is 0 Å². The largest absolute Gasteiger partial charge is 0.460 e. The zero-order valence-corrected chi connectivity index (χ0v) is 20.7. The van der Waals surface area contributed by atoms with Gasteiger partial charge in [-0.05, 0) is 39.0 Å². The van der Waals surface area contributed by atoms with Gasteiger partial charge >= 0.3 is 47.6 Å². The lowest BCUT2D eigenvalue weighted by Gasteiger charge is -2.42. The van der Waals surface area contributed by atoms with Gasteiger partial charge in [-0.3, -0.25) is 0 Å². The molecule has 0 atom stereocenters. The quantitative estimate of drug-likeness (QED) is 0.0908. The van der Waals surface area contributed by atoms with Crippen LogP contribution in [0.3, 0.4) is 0 Å². The van der Waals surface area contributed by atoms with Gasteiger partial charge in [0.05, 0.1) is 0 Å². The molecule has 0 nitrogen and oxygen atoms in total. The molecule has 222 valence electrons. The number of alkyl halides is 17. The SMILES string of the molecule is CCCCCCCCCC(I)=CC(F)(F)C(F)(F)C(F)(F)C(F)(F)C(F)(F)C(F)(F)C(F)(F)C(F)(F)F. The minimum absolute atomic E-state index is 0.00587. The van der Waals surface area contributed by atoms with Gasteiger partial charge in [-0.1, -0.05) is 45.4 Å². The Balaban J connectivity index is 6.07. The average Bonchev–Trinajstić information content (AvgIpc) is 2.71. The standard InChI is InChI=1S/C19H20F17I/c1-2-3-4-5-6-7-8-9-11(37)10-12(20,21)13(22,23)14(24,25)15(26,27)16(28,29)17(30,31)18(32,33)19(34,35)36/h10H,2-9H2,1H3. The number of rotatable bonds is 15. The monoisotopic (exact) mass is 698 g/mol. The number of allylic oxidation sites excluding steroid dienone is 2. The smallest absolute Gasteiger partial charge is 0.195 e. The molecule has 0 heterocycles. The van der Waals surface area contributed by atoms with E-state index in [0.717, 1.165) is 41.9 Å². The van der Waals surface area contributed by atoms with Gasteiger partial charge in [0.1, 0.15) is 0 Å². The third-order valence-electron chi connectivity index (χ3n) is 5.10. The predicted molar refractivity (Wildman–Crippen MR) is 105 cm³/mol. The molecule has 37 heavy (non-hydrogen) atoms. The second-order valence-electron chi connectivity index (χ2n) is 8.03. The van der Waals surface area contributed by atoms with Crippen LogP contribution in [0.2, 0.25) is 0 Å². The molecule has 0 aliphatic rings. The molecular weight excluding hydrogens is 678 g/mol. The molecule has 0 N–H and O–H groups in total. The van der Waals surface area contributed by atoms with Crippen molar-refractivity contribution in [1.82, 2.24) is 0 Å². The van der Waals surface area contributed by atoms with E-state index in [2.05, 4.69) is 0 Å². The van der Waals surface area contributed by atoms with E-state index in [0.29, 0.717) is 19.3 Å². The zero-order valence-electron chi connectivity index (χ0n) is 18.5. The lowest BCUT2D eigenvalue weighted by atomic mass is 9.89. The summed E-state index contributed by atoms with van der Waals surface area (Å²) in [4.78, 5) is 0. The van der Waals surface area contributed by atoms with Crippen molar-refractivity contribution in [1.29, 1.82) is 0 Å².